The van der Waals surface area contributed by atoms with E-state index < -0.39 is 0 Å². The maximum atomic E-state index is 6.43. The van der Waals surface area contributed by atoms with E-state index in [1.54, 1.807) is 17.5 Å². The number of nitrogens with zero attached hydrogens (tertiary/aromatic N) is 5. The quantitative estimate of drug-likeness (QED) is 0.169. The number of hydrogen-bond acceptors (Lipinski definition) is 7. The molecule has 0 bridgehead atoms. The lowest BCUT2D eigenvalue weighted by Gasteiger charge is -2.13. The van der Waals surface area contributed by atoms with Gasteiger partial charge in [-0.05, 0) is 18.2 Å². The third kappa shape index (κ3) is 5.55. The van der Waals surface area contributed by atoms with Gasteiger partial charge in [-0.15, -0.1) is 11.3 Å². The van der Waals surface area contributed by atoms with E-state index in [0.717, 1.165) is 53.7 Å². The molecule has 0 saturated heterocycles. The summed E-state index contributed by atoms with van der Waals surface area (Å²) in [5, 5.41) is 2.17. The van der Waals surface area contributed by atoms with Crippen LogP contribution in [0.3, 0.4) is 0 Å². The highest BCUT2D eigenvalue weighted by atomic mass is 32.1. The largest absolute Gasteiger partial charge is 0.453 e. The van der Waals surface area contributed by atoms with Gasteiger partial charge in [0, 0.05) is 48.0 Å². The highest BCUT2D eigenvalue weighted by molar-refractivity contribution is 7.26. The van der Waals surface area contributed by atoms with Crippen molar-refractivity contribution in [2.75, 3.05) is 0 Å². The van der Waals surface area contributed by atoms with Gasteiger partial charge in [0.25, 0.3) is 0 Å². The first-order chi connectivity index (χ1) is 24.8. The highest BCUT2D eigenvalue weighted by Crippen LogP contribution is 2.45. The van der Waals surface area contributed by atoms with E-state index in [1.807, 2.05) is 121 Å². The SMILES string of the molecule is c1ccc(Oc2cnc(-c3ccccc3)nc2-c2cccc3c2sc2cccc(-c4nc(-c5ccccc5)nc(-c5ccccc5)n4)c23)cc1. The molecule has 3 aromatic heterocycles. The normalized spacial score (nSPS) is 11.2. The average Bonchev–Trinajstić information content (AvgIpc) is 3.59. The van der Waals surface area contributed by atoms with Gasteiger partial charge in [-0.3, -0.25) is 0 Å². The Hall–Kier alpha value is -6.57. The molecule has 236 valence electrons. The zero-order valence-electron chi connectivity index (χ0n) is 26.6. The molecule has 0 aliphatic rings. The Morgan fingerprint density at radius 3 is 1.62 bits per heavy atom. The van der Waals surface area contributed by atoms with Crippen LogP contribution in [-0.4, -0.2) is 24.9 Å². The minimum Gasteiger partial charge on any atom is -0.453 e. The number of para-hydroxylation sites is 1. The molecule has 0 fully saturated rings. The van der Waals surface area contributed by atoms with E-state index in [-0.39, 0.29) is 0 Å². The second-order valence-electron chi connectivity index (χ2n) is 11.7. The predicted octanol–water partition coefficient (Wildman–Crippen LogP) is 11.2. The van der Waals surface area contributed by atoms with E-state index in [9.17, 15) is 0 Å². The smallest absolute Gasteiger partial charge is 0.172 e. The third-order valence-corrected chi connectivity index (χ3v) is 9.68. The number of hydrogen-bond donors (Lipinski definition) is 0. The molecule has 3 heterocycles. The second kappa shape index (κ2) is 12.8. The summed E-state index contributed by atoms with van der Waals surface area (Å²) >= 11 is 1.72. The fraction of sp³-hybridized carbons (Fsp3) is 0. The molecule has 7 heteroatoms. The maximum Gasteiger partial charge on any atom is 0.172 e. The van der Waals surface area contributed by atoms with Crippen LogP contribution < -0.4 is 4.74 Å². The lowest BCUT2D eigenvalue weighted by atomic mass is 10.0. The minimum absolute atomic E-state index is 0.582. The van der Waals surface area contributed by atoms with Gasteiger partial charge in [-0.1, -0.05) is 140 Å². The molecule has 0 amide bonds. The van der Waals surface area contributed by atoms with Crippen molar-refractivity contribution in [2.24, 2.45) is 0 Å². The summed E-state index contributed by atoms with van der Waals surface area (Å²) in [6, 6.07) is 52.6. The Kier molecular flexibility index (Phi) is 7.57. The maximum absolute atomic E-state index is 6.43. The zero-order valence-corrected chi connectivity index (χ0v) is 27.5. The molecule has 0 N–H and O–H groups in total. The molecule has 6 aromatic carbocycles. The van der Waals surface area contributed by atoms with Crippen LogP contribution in [0, 0.1) is 0 Å². The van der Waals surface area contributed by atoms with Crippen LogP contribution in [0.1, 0.15) is 0 Å². The highest BCUT2D eigenvalue weighted by Gasteiger charge is 2.21. The Morgan fingerprint density at radius 2 is 0.980 bits per heavy atom. The first-order valence-electron chi connectivity index (χ1n) is 16.3. The number of rotatable bonds is 7. The average molecular weight is 662 g/mol. The van der Waals surface area contributed by atoms with Gasteiger partial charge in [0.15, 0.2) is 29.0 Å². The first-order valence-corrected chi connectivity index (χ1v) is 17.1. The van der Waals surface area contributed by atoms with Gasteiger partial charge in [-0.2, -0.15) is 0 Å². The molecule has 0 aliphatic heterocycles. The van der Waals surface area contributed by atoms with E-state index in [4.69, 9.17) is 29.7 Å². The third-order valence-electron chi connectivity index (χ3n) is 8.48. The Bertz CT molecular complexity index is 2550. The van der Waals surface area contributed by atoms with Gasteiger partial charge in [-0.25, -0.2) is 24.9 Å². The van der Waals surface area contributed by atoms with Crippen LogP contribution in [0.5, 0.6) is 11.5 Å². The first kappa shape index (κ1) is 29.6. The Labute approximate surface area is 292 Å². The van der Waals surface area contributed by atoms with Crippen molar-refractivity contribution < 1.29 is 4.74 Å². The summed E-state index contributed by atoms with van der Waals surface area (Å²) in [6.45, 7) is 0. The lowest BCUT2D eigenvalue weighted by Crippen LogP contribution is -2.00. The molecule has 0 unspecified atom stereocenters. The van der Waals surface area contributed by atoms with Crippen molar-refractivity contribution in [2.45, 2.75) is 0 Å². The molecule has 0 aliphatic carbocycles. The van der Waals surface area contributed by atoms with Crippen molar-refractivity contribution >= 4 is 31.5 Å². The number of ether oxygens (including phenoxy) is 1. The Morgan fingerprint density at radius 1 is 0.440 bits per heavy atom. The van der Waals surface area contributed by atoms with Crippen LogP contribution >= 0.6 is 11.3 Å². The lowest BCUT2D eigenvalue weighted by molar-refractivity contribution is 0.480. The molecule has 0 radical (unpaired) electrons. The van der Waals surface area contributed by atoms with E-state index in [2.05, 4.69) is 36.4 Å². The zero-order chi connectivity index (χ0) is 33.3. The number of benzene rings is 6. The molecule has 6 nitrogen and oxygen atoms in total. The summed E-state index contributed by atoms with van der Waals surface area (Å²) in [6.07, 6.45) is 1.77. The molecule has 9 rings (SSSR count). The van der Waals surface area contributed by atoms with Crippen molar-refractivity contribution in [3.63, 3.8) is 0 Å². The standard InChI is InChI=1S/C43H27N5OS/c1-5-15-28(16-6-1)40-44-27-35(49-31-21-11-4-12-22-31)38(45-40)34-25-13-23-32-37-33(24-14-26-36(37)50-39(32)34)43-47-41(29-17-7-2-8-18-29)46-42(48-43)30-19-9-3-10-20-30/h1-27H. The molecular weight excluding hydrogens is 635 g/mol. The fourth-order valence-corrected chi connectivity index (χ4v) is 7.37. The molecule has 0 atom stereocenters. The van der Waals surface area contributed by atoms with Gasteiger partial charge < -0.3 is 4.74 Å². The van der Waals surface area contributed by atoms with Crippen molar-refractivity contribution in [1.82, 2.24) is 24.9 Å². The molecule has 50 heavy (non-hydrogen) atoms. The van der Waals surface area contributed by atoms with Gasteiger partial charge in [0.1, 0.15) is 11.4 Å². The summed E-state index contributed by atoms with van der Waals surface area (Å²) in [5.41, 5.74) is 5.43. The summed E-state index contributed by atoms with van der Waals surface area (Å²) in [7, 11) is 0. The molecule has 0 saturated carbocycles. The summed E-state index contributed by atoms with van der Waals surface area (Å²) in [4.78, 5) is 24.9. The fourth-order valence-electron chi connectivity index (χ4n) is 6.13. The van der Waals surface area contributed by atoms with Crippen LogP contribution in [-0.2, 0) is 0 Å². The number of aromatic nitrogens is 5. The molecule has 9 aromatic rings. The molecular formula is C43H27N5OS. The molecule has 0 spiro atoms. The summed E-state index contributed by atoms with van der Waals surface area (Å²) in [5.74, 6) is 3.81. The summed E-state index contributed by atoms with van der Waals surface area (Å²) < 4.78 is 8.64. The van der Waals surface area contributed by atoms with E-state index in [1.165, 1.54) is 0 Å². The predicted molar refractivity (Wildman–Crippen MR) is 202 cm³/mol. The van der Waals surface area contributed by atoms with Crippen molar-refractivity contribution in [3.05, 3.63) is 164 Å². The number of fused-ring (bicyclic) bond motifs is 3. The van der Waals surface area contributed by atoms with Crippen LogP contribution in [0.15, 0.2) is 164 Å². The van der Waals surface area contributed by atoms with Gasteiger partial charge in [0.05, 0.1) is 6.20 Å². The minimum atomic E-state index is 0.582. The second-order valence-corrected chi connectivity index (χ2v) is 12.7. The monoisotopic (exact) mass is 661 g/mol. The van der Waals surface area contributed by atoms with Crippen LogP contribution in [0.2, 0.25) is 0 Å². The van der Waals surface area contributed by atoms with E-state index >= 15 is 0 Å². The van der Waals surface area contributed by atoms with E-state index in [0.29, 0.717) is 34.8 Å². The van der Waals surface area contributed by atoms with Gasteiger partial charge >= 0.3 is 0 Å². The van der Waals surface area contributed by atoms with Crippen LogP contribution in [0.4, 0.5) is 0 Å². The topological polar surface area (TPSA) is 73.7 Å². The number of thiophene rings is 1. The van der Waals surface area contributed by atoms with Crippen LogP contribution in [0.25, 0.3) is 77.0 Å². The van der Waals surface area contributed by atoms with Crippen molar-refractivity contribution in [3.8, 4) is 68.3 Å². The Balaban J connectivity index is 1.26. The van der Waals surface area contributed by atoms with Gasteiger partial charge in [0.2, 0.25) is 0 Å². The van der Waals surface area contributed by atoms with Crippen molar-refractivity contribution in [1.29, 1.82) is 0 Å².